The van der Waals surface area contributed by atoms with Crippen molar-refractivity contribution in [3.8, 4) is 0 Å². The van der Waals surface area contributed by atoms with Gasteiger partial charge in [0.15, 0.2) is 0 Å². The van der Waals surface area contributed by atoms with Crippen molar-refractivity contribution < 1.29 is 13.2 Å². The Morgan fingerprint density at radius 3 is 2.55 bits per heavy atom. The molecule has 0 bridgehead atoms. The van der Waals surface area contributed by atoms with Crippen LogP contribution in [0, 0.1) is 5.92 Å². The molecule has 0 unspecified atom stereocenters. The molecular weight excluding hydrogens is 544 g/mol. The number of hydrogen-bond acceptors (Lipinski definition) is 4. The molecule has 2 aromatic heterocycles. The highest BCUT2D eigenvalue weighted by Crippen LogP contribution is 2.25. The van der Waals surface area contributed by atoms with Gasteiger partial charge in [0.1, 0.15) is 4.90 Å². The van der Waals surface area contributed by atoms with Gasteiger partial charge in [0.2, 0.25) is 15.9 Å². The van der Waals surface area contributed by atoms with Crippen LogP contribution in [0.4, 0.5) is 0 Å². The van der Waals surface area contributed by atoms with Gasteiger partial charge < -0.3 is 9.47 Å². The van der Waals surface area contributed by atoms with Crippen molar-refractivity contribution in [1.82, 2.24) is 18.8 Å². The zero-order valence-electron chi connectivity index (χ0n) is 23.3. The maximum Gasteiger partial charge on any atom is 0.245 e. The first-order valence-electron chi connectivity index (χ1n) is 13.7. The van der Waals surface area contributed by atoms with Gasteiger partial charge in [0.05, 0.1) is 18.6 Å². The fourth-order valence-corrected chi connectivity index (χ4v) is 6.53. The van der Waals surface area contributed by atoms with Gasteiger partial charge in [-0.2, -0.15) is 4.31 Å². The largest absolute Gasteiger partial charge is 0.345 e. The molecule has 4 aromatic rings. The second-order valence-electron chi connectivity index (χ2n) is 10.4. The molecule has 7 nitrogen and oxygen atoms in total. The SMILES string of the molecule is CCCCN(CC(=O)N(Cc1cccn1Cc1ccccc1Cl)CC(C)C)S(=O)(=O)c1cccc2cccnc12. The molecule has 2 aromatic carbocycles. The first kappa shape index (κ1) is 29.8. The van der Waals surface area contributed by atoms with Crippen molar-refractivity contribution in [1.29, 1.82) is 0 Å². The number of rotatable bonds is 13. The van der Waals surface area contributed by atoms with Crippen molar-refractivity contribution in [3.05, 3.63) is 95.4 Å². The van der Waals surface area contributed by atoms with Crippen molar-refractivity contribution >= 4 is 38.4 Å². The first-order chi connectivity index (χ1) is 19.2. The third-order valence-electron chi connectivity index (χ3n) is 6.80. The summed E-state index contributed by atoms with van der Waals surface area (Å²) >= 11 is 6.40. The maximum absolute atomic E-state index is 13.9. The Bertz CT molecular complexity index is 1550. The molecule has 0 saturated heterocycles. The summed E-state index contributed by atoms with van der Waals surface area (Å²) in [4.78, 5) is 20.1. The minimum Gasteiger partial charge on any atom is -0.345 e. The molecule has 0 radical (unpaired) electrons. The van der Waals surface area contributed by atoms with Gasteiger partial charge in [-0.15, -0.1) is 0 Å². The van der Waals surface area contributed by atoms with Gasteiger partial charge >= 0.3 is 0 Å². The quantitative estimate of drug-likeness (QED) is 0.188. The summed E-state index contributed by atoms with van der Waals surface area (Å²) in [6.45, 7) is 7.59. The van der Waals surface area contributed by atoms with Gasteiger partial charge in [0, 0.05) is 48.1 Å². The van der Waals surface area contributed by atoms with Crippen LogP contribution in [0.25, 0.3) is 10.9 Å². The number of hydrogen-bond donors (Lipinski definition) is 0. The number of benzene rings is 2. The monoisotopic (exact) mass is 580 g/mol. The predicted molar refractivity (Wildman–Crippen MR) is 161 cm³/mol. The number of aromatic nitrogens is 2. The number of fused-ring (bicyclic) bond motifs is 1. The zero-order chi connectivity index (χ0) is 28.7. The molecule has 0 atom stereocenters. The summed E-state index contributed by atoms with van der Waals surface area (Å²) in [6.07, 6.45) is 5.02. The standard InChI is InChI=1S/C31H37ClN4O3S/c1-4-5-19-36(40(38,39)29-16-8-12-25-13-9-17-33-31(25)29)23-30(37)35(20-24(2)3)22-27-14-10-18-34(27)21-26-11-6-7-15-28(26)32/h6-18,24H,4-5,19-23H2,1-3H3. The minimum atomic E-state index is -3.97. The molecule has 1 amide bonds. The van der Waals surface area contributed by atoms with E-state index in [2.05, 4.69) is 23.4 Å². The molecule has 0 aliphatic heterocycles. The van der Waals surface area contributed by atoms with Gasteiger partial charge in [0.25, 0.3) is 0 Å². The Hall–Kier alpha value is -3.20. The van der Waals surface area contributed by atoms with E-state index in [1.54, 1.807) is 29.3 Å². The van der Waals surface area contributed by atoms with E-state index in [0.717, 1.165) is 23.1 Å². The number of amides is 1. The summed E-state index contributed by atoms with van der Waals surface area (Å²) in [7, 11) is -3.97. The highest BCUT2D eigenvalue weighted by molar-refractivity contribution is 7.89. The number of halogens is 1. The molecule has 9 heteroatoms. The topological polar surface area (TPSA) is 75.5 Å². The molecule has 0 spiro atoms. The Labute approximate surface area is 242 Å². The van der Waals surface area contributed by atoms with Crippen LogP contribution in [-0.4, -0.2) is 52.7 Å². The molecule has 4 rings (SSSR count). The molecule has 40 heavy (non-hydrogen) atoms. The Kier molecular flexibility index (Phi) is 10.0. The van der Waals surface area contributed by atoms with E-state index < -0.39 is 10.0 Å². The van der Waals surface area contributed by atoms with Gasteiger partial charge in [-0.1, -0.05) is 75.2 Å². The second-order valence-corrected chi connectivity index (χ2v) is 12.7. The third kappa shape index (κ3) is 7.11. The lowest BCUT2D eigenvalue weighted by Crippen LogP contribution is -2.44. The number of unbranched alkanes of at least 4 members (excludes halogenated alkanes) is 1. The summed E-state index contributed by atoms with van der Waals surface area (Å²) in [5, 5.41) is 1.43. The molecule has 0 aliphatic rings. The van der Waals surface area contributed by atoms with Crippen LogP contribution in [-0.2, 0) is 27.9 Å². The van der Waals surface area contributed by atoms with Crippen LogP contribution >= 0.6 is 11.6 Å². The summed E-state index contributed by atoms with van der Waals surface area (Å²) in [5.74, 6) is -0.0223. The van der Waals surface area contributed by atoms with Crippen molar-refractivity contribution in [2.45, 2.75) is 51.6 Å². The Morgan fingerprint density at radius 1 is 1.02 bits per heavy atom. The van der Waals surface area contributed by atoms with Gasteiger partial charge in [-0.25, -0.2) is 8.42 Å². The summed E-state index contributed by atoms with van der Waals surface area (Å²) in [5.41, 5.74) is 2.36. The average molecular weight is 581 g/mol. The van der Waals surface area contributed by atoms with Crippen molar-refractivity contribution in [2.24, 2.45) is 5.92 Å². The zero-order valence-corrected chi connectivity index (χ0v) is 24.9. The molecule has 0 N–H and O–H groups in total. The normalized spacial score (nSPS) is 11.9. The fraction of sp³-hybridized carbons (Fsp3) is 0.355. The van der Waals surface area contributed by atoms with Crippen LogP contribution in [0.5, 0.6) is 0 Å². The Balaban J connectivity index is 1.60. The van der Waals surface area contributed by atoms with E-state index in [4.69, 9.17) is 11.6 Å². The van der Waals surface area contributed by atoms with Gasteiger partial charge in [-0.3, -0.25) is 9.78 Å². The van der Waals surface area contributed by atoms with E-state index in [-0.39, 0.29) is 29.8 Å². The Morgan fingerprint density at radius 2 is 1.80 bits per heavy atom. The van der Waals surface area contributed by atoms with Crippen molar-refractivity contribution in [3.63, 3.8) is 0 Å². The number of sulfonamides is 1. The van der Waals surface area contributed by atoms with E-state index in [9.17, 15) is 13.2 Å². The number of carbonyl (C=O) groups excluding carboxylic acids is 1. The number of para-hydroxylation sites is 1. The summed E-state index contributed by atoms with van der Waals surface area (Å²) < 4.78 is 31.3. The van der Waals surface area contributed by atoms with Crippen molar-refractivity contribution in [2.75, 3.05) is 19.6 Å². The lowest BCUT2D eigenvalue weighted by Gasteiger charge is -2.29. The van der Waals surface area contributed by atoms with Crippen LogP contribution in [0.15, 0.2) is 84.0 Å². The lowest BCUT2D eigenvalue weighted by atomic mass is 10.2. The molecule has 0 fully saturated rings. The molecule has 2 heterocycles. The minimum absolute atomic E-state index is 0.124. The lowest BCUT2D eigenvalue weighted by molar-refractivity contribution is -0.132. The first-order valence-corrected chi connectivity index (χ1v) is 15.5. The van der Waals surface area contributed by atoms with Crippen LogP contribution < -0.4 is 0 Å². The van der Waals surface area contributed by atoms with E-state index in [0.29, 0.717) is 36.6 Å². The smallest absolute Gasteiger partial charge is 0.245 e. The molecule has 212 valence electrons. The average Bonchev–Trinajstić information content (AvgIpc) is 3.37. The molecule has 0 aliphatic carbocycles. The highest BCUT2D eigenvalue weighted by atomic mass is 35.5. The number of carbonyl (C=O) groups is 1. The van der Waals surface area contributed by atoms with E-state index >= 15 is 0 Å². The van der Waals surface area contributed by atoms with E-state index in [1.807, 2.05) is 61.7 Å². The van der Waals surface area contributed by atoms with Crippen LogP contribution in [0.3, 0.4) is 0 Å². The summed E-state index contributed by atoms with van der Waals surface area (Å²) in [6, 6.07) is 20.4. The highest BCUT2D eigenvalue weighted by Gasteiger charge is 2.30. The number of nitrogens with zero attached hydrogens (tertiary/aromatic N) is 4. The molecule has 0 saturated carbocycles. The third-order valence-corrected chi connectivity index (χ3v) is 9.04. The predicted octanol–water partition coefficient (Wildman–Crippen LogP) is 6.21. The maximum atomic E-state index is 13.9. The molecular formula is C31H37ClN4O3S. The number of pyridine rings is 1. The van der Waals surface area contributed by atoms with Crippen LogP contribution in [0.1, 0.15) is 44.9 Å². The fourth-order valence-electron chi connectivity index (χ4n) is 4.74. The van der Waals surface area contributed by atoms with E-state index in [1.165, 1.54) is 4.31 Å². The van der Waals surface area contributed by atoms with Crippen LogP contribution in [0.2, 0.25) is 5.02 Å². The second kappa shape index (κ2) is 13.4. The van der Waals surface area contributed by atoms with Gasteiger partial charge in [-0.05, 0) is 48.2 Å².